The minimum atomic E-state index is -4.71. The van der Waals surface area contributed by atoms with Crippen LogP contribution in [0.25, 0.3) is 0 Å². The summed E-state index contributed by atoms with van der Waals surface area (Å²) in [5.41, 5.74) is 7.29. The molecule has 0 amide bonds. The zero-order chi connectivity index (χ0) is 18.3. The van der Waals surface area contributed by atoms with Crippen LogP contribution >= 0.6 is 24.0 Å². The summed E-state index contributed by atoms with van der Waals surface area (Å²) in [4.78, 5) is 8.20. The number of aliphatic imine (C=N–C) groups is 1. The average molecular weight is 482 g/mol. The summed E-state index contributed by atoms with van der Waals surface area (Å²) in [6.45, 7) is 0.597. The Morgan fingerprint density at radius 2 is 1.92 bits per heavy atom. The molecule has 2 rings (SSSR count). The third-order valence-corrected chi connectivity index (χ3v) is 3.09. The van der Waals surface area contributed by atoms with Crippen molar-refractivity contribution >= 4 is 29.9 Å². The second-order valence-electron chi connectivity index (χ2n) is 4.92. The molecule has 2 aromatic rings. The number of pyridine rings is 1. The van der Waals surface area contributed by atoms with Crippen LogP contribution in [0.2, 0.25) is 0 Å². The number of methoxy groups -OCH3 is 1. The molecule has 0 aliphatic rings. The number of nitrogens with one attached hydrogen (secondary N) is 1. The molecule has 0 spiro atoms. The van der Waals surface area contributed by atoms with Crippen LogP contribution in [0.1, 0.15) is 11.1 Å². The number of nitrogens with two attached hydrogens (primary N) is 1. The van der Waals surface area contributed by atoms with Crippen molar-refractivity contribution < 1.29 is 22.6 Å². The molecule has 0 unspecified atom stereocenters. The van der Waals surface area contributed by atoms with Crippen molar-refractivity contribution in [2.45, 2.75) is 19.5 Å². The van der Waals surface area contributed by atoms with Gasteiger partial charge in [-0.3, -0.25) is 0 Å². The van der Waals surface area contributed by atoms with E-state index in [0.29, 0.717) is 18.0 Å². The Morgan fingerprint density at radius 1 is 1.23 bits per heavy atom. The molecule has 3 N–H and O–H groups in total. The van der Waals surface area contributed by atoms with Crippen LogP contribution < -0.4 is 20.5 Å². The van der Waals surface area contributed by atoms with Crippen molar-refractivity contribution in [1.29, 1.82) is 0 Å². The van der Waals surface area contributed by atoms with Gasteiger partial charge in [0.1, 0.15) is 5.75 Å². The quantitative estimate of drug-likeness (QED) is 0.376. The normalized spacial score (nSPS) is 11.5. The Hall–Kier alpha value is -2.24. The van der Waals surface area contributed by atoms with Crippen molar-refractivity contribution in [2.75, 3.05) is 7.11 Å². The van der Waals surface area contributed by atoms with Gasteiger partial charge in [0, 0.05) is 18.3 Å². The summed E-state index contributed by atoms with van der Waals surface area (Å²) in [5, 5.41) is 2.92. The molecule has 0 atom stereocenters. The molecular formula is C16H18F3IN4O2. The molecular weight excluding hydrogens is 464 g/mol. The molecule has 0 aliphatic carbocycles. The number of guanidine groups is 1. The lowest BCUT2D eigenvalue weighted by Gasteiger charge is -2.10. The predicted octanol–water partition coefficient (Wildman–Crippen LogP) is 3.21. The topological polar surface area (TPSA) is 81.8 Å². The van der Waals surface area contributed by atoms with Gasteiger partial charge in [-0.25, -0.2) is 9.98 Å². The zero-order valence-corrected chi connectivity index (χ0v) is 16.1. The van der Waals surface area contributed by atoms with E-state index in [2.05, 4.69) is 20.0 Å². The Labute approximate surface area is 165 Å². The van der Waals surface area contributed by atoms with Crippen LogP contribution in [0.15, 0.2) is 47.6 Å². The molecule has 1 aromatic carbocycles. The second kappa shape index (κ2) is 10.0. The number of aromatic nitrogens is 1. The molecule has 10 heteroatoms. The molecule has 0 saturated heterocycles. The highest BCUT2D eigenvalue weighted by Crippen LogP contribution is 2.22. The van der Waals surface area contributed by atoms with Crippen LogP contribution in [0.5, 0.6) is 11.6 Å². The lowest BCUT2D eigenvalue weighted by atomic mass is 10.2. The minimum Gasteiger partial charge on any atom is -0.481 e. The largest absolute Gasteiger partial charge is 0.573 e. The zero-order valence-electron chi connectivity index (χ0n) is 13.8. The monoisotopic (exact) mass is 482 g/mol. The van der Waals surface area contributed by atoms with E-state index in [0.717, 1.165) is 5.56 Å². The van der Waals surface area contributed by atoms with Crippen LogP contribution in [-0.4, -0.2) is 24.4 Å². The van der Waals surface area contributed by atoms with Crippen LogP contribution in [0, 0.1) is 0 Å². The second-order valence-corrected chi connectivity index (χ2v) is 4.92. The standard InChI is InChI=1S/C16H17F3N4O2.HI/c1-24-14-12(3-2-8-21-14)10-23-15(20)22-9-11-4-6-13(7-5-11)25-16(17,18)19;/h2-8H,9-10H2,1H3,(H3,20,22,23);1H. The van der Waals surface area contributed by atoms with Gasteiger partial charge in [0.15, 0.2) is 5.96 Å². The van der Waals surface area contributed by atoms with E-state index < -0.39 is 6.36 Å². The first-order valence-electron chi connectivity index (χ1n) is 7.24. The number of halogens is 4. The number of benzene rings is 1. The lowest BCUT2D eigenvalue weighted by molar-refractivity contribution is -0.274. The number of hydrogen-bond acceptors (Lipinski definition) is 4. The molecule has 1 aromatic heterocycles. The molecule has 0 radical (unpaired) electrons. The number of ether oxygens (including phenoxy) is 2. The van der Waals surface area contributed by atoms with Gasteiger partial charge in [0.2, 0.25) is 5.88 Å². The molecule has 142 valence electrons. The van der Waals surface area contributed by atoms with Crippen LogP contribution in [-0.2, 0) is 13.1 Å². The van der Waals surface area contributed by atoms with Crippen LogP contribution in [0.3, 0.4) is 0 Å². The summed E-state index contributed by atoms with van der Waals surface area (Å²) in [6.07, 6.45) is -3.09. The van der Waals surface area contributed by atoms with Gasteiger partial charge in [-0.2, -0.15) is 0 Å². The molecule has 0 aliphatic heterocycles. The fourth-order valence-corrected chi connectivity index (χ4v) is 1.96. The van der Waals surface area contributed by atoms with E-state index >= 15 is 0 Å². The Kier molecular flexibility index (Phi) is 8.42. The van der Waals surface area contributed by atoms with Crippen molar-refractivity contribution in [3.63, 3.8) is 0 Å². The summed E-state index contributed by atoms with van der Waals surface area (Å²) < 4.78 is 45.2. The highest BCUT2D eigenvalue weighted by Gasteiger charge is 2.30. The van der Waals surface area contributed by atoms with Gasteiger partial charge in [0.25, 0.3) is 0 Å². The molecule has 0 fully saturated rings. The lowest BCUT2D eigenvalue weighted by Crippen LogP contribution is -2.31. The number of alkyl halides is 3. The summed E-state index contributed by atoms with van der Waals surface area (Å²) in [6, 6.07) is 9.04. The first-order valence-corrected chi connectivity index (χ1v) is 7.24. The highest BCUT2D eigenvalue weighted by molar-refractivity contribution is 14.0. The highest BCUT2D eigenvalue weighted by atomic mass is 127. The minimum absolute atomic E-state index is 0. The Morgan fingerprint density at radius 3 is 2.54 bits per heavy atom. The summed E-state index contributed by atoms with van der Waals surface area (Å²) in [5.74, 6) is 0.402. The van der Waals surface area contributed by atoms with E-state index in [-0.39, 0.29) is 42.2 Å². The Bertz CT molecular complexity index is 724. The van der Waals surface area contributed by atoms with Gasteiger partial charge in [-0.05, 0) is 23.8 Å². The number of hydrogen-bond donors (Lipinski definition) is 2. The molecule has 0 saturated carbocycles. The SMILES string of the molecule is COc1ncccc1CNC(N)=NCc1ccc(OC(F)(F)F)cc1.I. The fourth-order valence-electron chi connectivity index (χ4n) is 1.96. The van der Waals surface area contributed by atoms with Gasteiger partial charge < -0.3 is 20.5 Å². The third kappa shape index (κ3) is 7.33. The molecule has 0 bridgehead atoms. The maximum atomic E-state index is 12.1. The van der Waals surface area contributed by atoms with Crippen molar-refractivity contribution in [3.05, 3.63) is 53.7 Å². The van der Waals surface area contributed by atoms with Gasteiger partial charge in [0.05, 0.1) is 13.7 Å². The van der Waals surface area contributed by atoms with E-state index in [1.807, 2.05) is 6.07 Å². The van der Waals surface area contributed by atoms with E-state index in [4.69, 9.17) is 10.5 Å². The number of rotatable bonds is 6. The maximum Gasteiger partial charge on any atom is 0.573 e. The summed E-state index contributed by atoms with van der Waals surface area (Å²) in [7, 11) is 1.52. The van der Waals surface area contributed by atoms with E-state index in [9.17, 15) is 13.2 Å². The molecule has 26 heavy (non-hydrogen) atoms. The van der Waals surface area contributed by atoms with E-state index in [1.54, 1.807) is 12.3 Å². The van der Waals surface area contributed by atoms with Crippen molar-refractivity contribution in [3.8, 4) is 11.6 Å². The average Bonchev–Trinajstić information content (AvgIpc) is 2.58. The van der Waals surface area contributed by atoms with Gasteiger partial charge in [-0.15, -0.1) is 37.1 Å². The third-order valence-electron chi connectivity index (χ3n) is 3.09. The molecule has 1 heterocycles. The van der Waals surface area contributed by atoms with Crippen molar-refractivity contribution in [1.82, 2.24) is 10.3 Å². The van der Waals surface area contributed by atoms with Crippen LogP contribution in [0.4, 0.5) is 13.2 Å². The first kappa shape index (κ1) is 21.8. The van der Waals surface area contributed by atoms with Gasteiger partial charge in [-0.1, -0.05) is 18.2 Å². The fraction of sp³-hybridized carbons (Fsp3) is 0.250. The first-order chi connectivity index (χ1) is 11.9. The molecule has 6 nitrogen and oxygen atoms in total. The summed E-state index contributed by atoms with van der Waals surface area (Å²) >= 11 is 0. The van der Waals surface area contributed by atoms with E-state index in [1.165, 1.54) is 31.4 Å². The predicted molar refractivity (Wildman–Crippen MR) is 101 cm³/mol. The van der Waals surface area contributed by atoms with Crippen molar-refractivity contribution in [2.24, 2.45) is 10.7 Å². The van der Waals surface area contributed by atoms with Gasteiger partial charge >= 0.3 is 6.36 Å². The number of nitrogens with zero attached hydrogens (tertiary/aromatic N) is 2. The Balaban J connectivity index is 0.00000338. The maximum absolute atomic E-state index is 12.1. The smallest absolute Gasteiger partial charge is 0.481 e.